The summed E-state index contributed by atoms with van der Waals surface area (Å²) in [5, 5.41) is 10.0. The third-order valence-electron chi connectivity index (χ3n) is 0.646. The monoisotopic (exact) mass is 373 g/mol. The van der Waals surface area contributed by atoms with Gasteiger partial charge in [-0.15, -0.1) is 0 Å². The molecule has 0 aromatic heterocycles. The molecule has 0 fully saturated rings. The second-order valence-corrected chi connectivity index (χ2v) is 1.31. The van der Waals surface area contributed by atoms with Crippen LogP contribution in [-0.2, 0) is 9.59 Å². The van der Waals surface area contributed by atoms with Crippen molar-refractivity contribution in [2.75, 3.05) is 0 Å². The number of carboxylic acids is 1. The molecule has 0 aromatic carbocycles. The van der Waals surface area contributed by atoms with E-state index in [0.29, 0.717) is 0 Å². The molecule has 4 nitrogen and oxygen atoms in total. The van der Waals surface area contributed by atoms with E-state index in [1.54, 1.807) is 0 Å². The molecule has 0 rings (SSSR count). The summed E-state index contributed by atoms with van der Waals surface area (Å²) >= 11 is 0. The summed E-state index contributed by atoms with van der Waals surface area (Å²) in [6, 6.07) is -0.840. The minimum absolute atomic E-state index is 0. The molecule has 0 heterocycles. The van der Waals surface area contributed by atoms with Gasteiger partial charge in [0.2, 0.25) is 0 Å². The van der Waals surface area contributed by atoms with Gasteiger partial charge in [0.05, 0.1) is 6.04 Å². The number of carbonyl (C=O) groups excluding carboxylic acids is 1. The van der Waals surface area contributed by atoms with Crippen LogP contribution in [-0.4, -0.2) is 23.5 Å². The Morgan fingerprint density at radius 3 is 2.33 bits per heavy atom. The first-order valence-electron chi connectivity index (χ1n) is 2.04. The Kier molecular flexibility index (Phi) is 4.58. The zero-order chi connectivity index (χ0) is 6.57. The van der Waals surface area contributed by atoms with Gasteiger partial charge in [-0.3, -0.25) is 4.79 Å². The van der Waals surface area contributed by atoms with Gasteiger partial charge in [0.1, 0.15) is 0 Å². The van der Waals surface area contributed by atoms with Crippen LogP contribution >= 0.6 is 0 Å². The van der Waals surface area contributed by atoms with Crippen LogP contribution in [0.5, 0.6) is 0 Å². The fourth-order valence-electron chi connectivity index (χ4n) is 0.150. The number of hydrogen-bond donors (Lipinski definition) is 2. The predicted molar refractivity (Wildman–Crippen MR) is 25.9 cm³/mol. The van der Waals surface area contributed by atoms with Crippen molar-refractivity contribution in [1.29, 1.82) is 0 Å². The van der Waals surface area contributed by atoms with E-state index in [4.69, 9.17) is 5.11 Å². The quantitative estimate of drug-likeness (QED) is 0.499. The average Bonchev–Trinajstić information content (AvgIpc) is 1.67. The van der Waals surface area contributed by atoms with Crippen molar-refractivity contribution in [2.45, 2.75) is 13.0 Å². The van der Waals surface area contributed by atoms with Crippen LogP contribution in [0.2, 0.25) is 0 Å². The average molecular weight is 373 g/mol. The van der Waals surface area contributed by atoms with E-state index < -0.39 is 12.0 Å². The Bertz CT molecular complexity index is 106. The number of hydrogen-bond acceptors (Lipinski definition) is 2. The van der Waals surface area contributed by atoms with Crippen LogP contribution in [0.4, 0.5) is 0 Å². The molecule has 9 heavy (non-hydrogen) atoms. The maximum absolute atomic E-state index is 9.85. The fraction of sp³-hybridized carbons (Fsp3) is 0.500. The van der Waals surface area contributed by atoms with Gasteiger partial charge in [-0.2, -0.15) is 6.41 Å². The predicted octanol–water partition coefficient (Wildman–Crippen LogP) is -0.884. The number of nitrogens with one attached hydrogen (secondary N) is 1. The Morgan fingerprint density at radius 1 is 1.78 bits per heavy atom. The van der Waals surface area contributed by atoms with Gasteiger partial charge in [0, 0.05) is 0 Å². The molecule has 0 saturated carbocycles. The number of amides is 1. The SMILES string of the molecule is C[C@H](N[C-]=O)C(=O)O.[Fm]. The van der Waals surface area contributed by atoms with Crippen LogP contribution in [0.3, 0.4) is 0 Å². The van der Waals surface area contributed by atoms with E-state index in [1.807, 2.05) is 5.32 Å². The van der Waals surface area contributed by atoms with Gasteiger partial charge in [-0.25, -0.2) is 0 Å². The summed E-state index contributed by atoms with van der Waals surface area (Å²) in [5.41, 5.74) is 0. The van der Waals surface area contributed by atoms with E-state index >= 15 is 0 Å². The zero-order valence-electron chi connectivity index (χ0n) is 4.63. The number of carboxylic acid groups (broad SMARTS) is 1. The molecule has 0 aliphatic rings. The minimum atomic E-state index is -1.06. The number of rotatable bonds is 3. The van der Waals surface area contributed by atoms with E-state index in [2.05, 4.69) is 0 Å². The van der Waals surface area contributed by atoms with E-state index in [-0.39, 0.29) is 0 Å². The molecule has 0 saturated heterocycles. The third-order valence-corrected chi connectivity index (χ3v) is 0.646. The second-order valence-electron chi connectivity index (χ2n) is 1.31. The normalized spacial score (nSPS) is 10.8. The summed E-state index contributed by atoms with van der Waals surface area (Å²) in [5.74, 6) is -1.06. The Hall–Kier alpha value is -2.06. The molecular weight excluding hydrogens is 367 g/mol. The van der Waals surface area contributed by atoms with Gasteiger partial charge in [-0.1, -0.05) is 0 Å². The van der Waals surface area contributed by atoms with Gasteiger partial charge >= 0.3 is 5.97 Å². The van der Waals surface area contributed by atoms with E-state index in [1.165, 1.54) is 13.3 Å². The third kappa shape index (κ3) is 3.78. The molecule has 5 heteroatoms. The molecule has 0 radical (unpaired) electrons. The summed E-state index contributed by atoms with van der Waals surface area (Å²) in [6.45, 7) is 1.35. The maximum atomic E-state index is 9.85. The van der Waals surface area contributed by atoms with Gasteiger partial charge in [0.15, 0.2) is 0 Å². The first kappa shape index (κ1) is 10.0. The molecule has 0 bridgehead atoms. The van der Waals surface area contributed by atoms with E-state index in [0.717, 1.165) is 0 Å². The van der Waals surface area contributed by atoms with Crippen LogP contribution in [0.25, 0.3) is 0 Å². The summed E-state index contributed by atoms with van der Waals surface area (Å²) in [6.07, 6.45) is 1.27. The standard InChI is InChI=1S/C4H6NO3.Fm/c1-3(4(7)8)5-2-6;/h3H,1H3,(H,5,6)(H,7,8);/q-1;/t3-;/m0./s1. The minimum Gasteiger partial charge on any atom is -0.520 e. The Balaban J connectivity index is 0. The molecule has 1 amide bonds. The molecule has 0 aromatic rings. The summed E-state index contributed by atoms with van der Waals surface area (Å²) in [7, 11) is 0. The van der Waals surface area contributed by atoms with Crippen molar-refractivity contribution in [3.05, 3.63) is 0 Å². The molecule has 2 N–H and O–H groups in total. The maximum Gasteiger partial charge on any atom is 0.323 e. The van der Waals surface area contributed by atoms with Crippen molar-refractivity contribution in [3.8, 4) is 0 Å². The largest absolute Gasteiger partial charge is 0.520 e. The zero-order valence-corrected chi connectivity index (χ0v) is 7.03. The smallest absolute Gasteiger partial charge is 0.323 e. The molecule has 1 atom stereocenters. The van der Waals surface area contributed by atoms with Gasteiger partial charge < -0.3 is 15.2 Å². The molecule has 0 unspecified atom stereocenters. The summed E-state index contributed by atoms with van der Waals surface area (Å²) < 4.78 is 0. The van der Waals surface area contributed by atoms with Crippen LogP contribution in [0.1, 0.15) is 6.92 Å². The van der Waals surface area contributed by atoms with Crippen molar-refractivity contribution >= 4 is 12.4 Å². The first-order valence-corrected chi connectivity index (χ1v) is 2.04. The van der Waals surface area contributed by atoms with Crippen LogP contribution in [0.15, 0.2) is 0 Å². The summed E-state index contributed by atoms with van der Waals surface area (Å²) in [4.78, 5) is 19.3. The molecule has 0 aliphatic carbocycles. The van der Waals surface area contributed by atoms with Crippen molar-refractivity contribution in [3.63, 3.8) is 0 Å². The number of aliphatic carboxylic acids is 1. The Labute approximate surface area is 46.5 Å². The molecule has 0 spiro atoms. The first-order chi connectivity index (χ1) is 3.68. The Morgan fingerprint density at radius 2 is 2.22 bits per heavy atom. The molecule has 0 aliphatic heterocycles. The van der Waals surface area contributed by atoms with Crippen molar-refractivity contribution < 1.29 is 14.7 Å². The van der Waals surface area contributed by atoms with Crippen LogP contribution < -0.4 is 5.32 Å². The molecular formula is C4H6FmNO3-. The molecule has 58 valence electrons. The second kappa shape index (κ2) is 4.11. The fourth-order valence-corrected chi connectivity index (χ4v) is 0.150. The van der Waals surface area contributed by atoms with Gasteiger partial charge in [0.25, 0.3) is 0 Å². The van der Waals surface area contributed by atoms with Gasteiger partial charge in [-0.05, 0) is 6.92 Å². The van der Waals surface area contributed by atoms with E-state index in [9.17, 15) is 9.59 Å². The van der Waals surface area contributed by atoms with Crippen molar-refractivity contribution in [1.82, 2.24) is 5.32 Å². The topological polar surface area (TPSA) is 66.4 Å². The number of carbonyl (C=O) groups is 1. The van der Waals surface area contributed by atoms with Crippen LogP contribution in [0, 0.1) is 0 Å². The van der Waals surface area contributed by atoms with Crippen molar-refractivity contribution in [2.24, 2.45) is 0 Å².